The Hall–Kier alpha value is -0.0151. The largest absolute Gasteiger partial charge is 0.439 e. The fourth-order valence-corrected chi connectivity index (χ4v) is 0.489. The quantitative estimate of drug-likeness (QED) is 0.513. The van der Waals surface area contributed by atoms with Crippen LogP contribution >= 0.6 is 0 Å². The van der Waals surface area contributed by atoms with Gasteiger partial charge in [0.2, 0.25) is 0 Å². The first kappa shape index (κ1) is 7.98. The predicted octanol–water partition coefficient (Wildman–Crippen LogP) is -0.290. The van der Waals surface area contributed by atoms with Crippen LogP contribution in [-0.4, -0.2) is 25.4 Å². The average molecular weight is 116 g/mol. The molecule has 0 aromatic heterocycles. The molecule has 0 aliphatic carbocycles. The van der Waals surface area contributed by atoms with Gasteiger partial charge in [0.15, 0.2) is 0 Å². The Labute approximate surface area is 51.3 Å². The molecule has 2 unspecified atom stereocenters. The molecule has 48 valence electrons. The van der Waals surface area contributed by atoms with Gasteiger partial charge in [0.25, 0.3) is 8.05 Å². The summed E-state index contributed by atoms with van der Waals surface area (Å²) in [6.45, 7) is 3.79. The van der Waals surface area contributed by atoms with Gasteiger partial charge in [0.1, 0.15) is 0 Å². The SMILES string of the molecule is BOC(C)C(O)CC. The van der Waals surface area contributed by atoms with E-state index in [0.29, 0.717) is 0 Å². The highest BCUT2D eigenvalue weighted by Crippen LogP contribution is 1.99. The lowest BCUT2D eigenvalue weighted by Gasteiger charge is -2.14. The van der Waals surface area contributed by atoms with Gasteiger partial charge in [0.05, 0.1) is 12.2 Å². The van der Waals surface area contributed by atoms with Crippen LogP contribution in [0.1, 0.15) is 20.3 Å². The minimum atomic E-state index is -0.306. The van der Waals surface area contributed by atoms with Crippen molar-refractivity contribution in [2.24, 2.45) is 0 Å². The topological polar surface area (TPSA) is 29.5 Å². The van der Waals surface area contributed by atoms with Crippen molar-refractivity contribution in [2.45, 2.75) is 32.5 Å². The Balaban J connectivity index is 3.29. The zero-order valence-corrected chi connectivity index (χ0v) is 5.72. The highest BCUT2D eigenvalue weighted by atomic mass is 16.4. The third-order valence-electron chi connectivity index (χ3n) is 1.33. The molecule has 0 aliphatic heterocycles. The summed E-state index contributed by atoms with van der Waals surface area (Å²) in [7, 11) is 1.60. The lowest BCUT2D eigenvalue weighted by atomic mass is 10.2. The maximum atomic E-state index is 9.00. The van der Waals surface area contributed by atoms with Crippen molar-refractivity contribution in [2.75, 3.05) is 0 Å². The highest BCUT2D eigenvalue weighted by Gasteiger charge is 2.08. The van der Waals surface area contributed by atoms with Gasteiger partial charge in [-0.25, -0.2) is 0 Å². The Morgan fingerprint density at radius 1 is 1.75 bits per heavy atom. The Bertz CT molecular complexity index is 50.4. The molecule has 0 spiro atoms. The van der Waals surface area contributed by atoms with Crippen LogP contribution in [0.15, 0.2) is 0 Å². The lowest BCUT2D eigenvalue weighted by molar-refractivity contribution is 0.0505. The first-order chi connectivity index (χ1) is 3.72. The van der Waals surface area contributed by atoms with Gasteiger partial charge >= 0.3 is 0 Å². The minimum absolute atomic E-state index is 0.0278. The molecule has 0 heterocycles. The molecule has 0 saturated carbocycles. The molecule has 0 amide bonds. The third-order valence-corrected chi connectivity index (χ3v) is 1.33. The summed E-state index contributed by atoms with van der Waals surface area (Å²) in [6, 6.07) is 0. The van der Waals surface area contributed by atoms with E-state index in [-0.39, 0.29) is 12.2 Å². The Morgan fingerprint density at radius 3 is 2.38 bits per heavy atom. The Kier molecular flexibility index (Phi) is 3.92. The predicted molar refractivity (Wildman–Crippen MR) is 35.4 cm³/mol. The standard InChI is InChI=1S/C5H13BO2/c1-3-5(7)4(2)8-6/h4-5,7H,3,6H2,1-2H3. The van der Waals surface area contributed by atoms with Gasteiger partial charge in [-0.2, -0.15) is 0 Å². The van der Waals surface area contributed by atoms with Crippen LogP contribution in [0, 0.1) is 0 Å². The van der Waals surface area contributed by atoms with Crippen molar-refractivity contribution in [1.29, 1.82) is 0 Å². The molecule has 0 rings (SSSR count). The van der Waals surface area contributed by atoms with Gasteiger partial charge < -0.3 is 9.76 Å². The normalized spacial score (nSPS) is 17.9. The van der Waals surface area contributed by atoms with E-state index in [1.807, 2.05) is 13.8 Å². The van der Waals surface area contributed by atoms with Gasteiger partial charge in [-0.05, 0) is 13.3 Å². The van der Waals surface area contributed by atoms with Gasteiger partial charge in [-0.1, -0.05) is 6.92 Å². The van der Waals surface area contributed by atoms with Crippen molar-refractivity contribution >= 4 is 8.05 Å². The fraction of sp³-hybridized carbons (Fsp3) is 1.00. The first-order valence-electron chi connectivity index (χ1n) is 2.93. The number of aliphatic hydroxyl groups is 1. The van der Waals surface area contributed by atoms with E-state index >= 15 is 0 Å². The second-order valence-electron chi connectivity index (χ2n) is 1.92. The molecule has 0 aromatic carbocycles. The van der Waals surface area contributed by atoms with Gasteiger partial charge in [-0.15, -0.1) is 0 Å². The third kappa shape index (κ3) is 2.33. The number of hydrogen-bond donors (Lipinski definition) is 1. The molecule has 3 heteroatoms. The maximum absolute atomic E-state index is 9.00. The molecule has 1 N–H and O–H groups in total. The van der Waals surface area contributed by atoms with E-state index in [1.165, 1.54) is 0 Å². The van der Waals surface area contributed by atoms with Crippen molar-refractivity contribution < 1.29 is 9.76 Å². The van der Waals surface area contributed by atoms with Crippen LogP contribution in [0.4, 0.5) is 0 Å². The number of rotatable bonds is 3. The summed E-state index contributed by atoms with van der Waals surface area (Å²) in [5.41, 5.74) is 0. The van der Waals surface area contributed by atoms with Crippen LogP contribution in [0.5, 0.6) is 0 Å². The zero-order valence-electron chi connectivity index (χ0n) is 5.72. The molecular weight excluding hydrogens is 103 g/mol. The van der Waals surface area contributed by atoms with Crippen molar-refractivity contribution in [1.82, 2.24) is 0 Å². The maximum Gasteiger partial charge on any atom is 0.257 e. The molecule has 0 bridgehead atoms. The van der Waals surface area contributed by atoms with E-state index in [0.717, 1.165) is 6.42 Å². The molecule has 0 saturated heterocycles. The van der Waals surface area contributed by atoms with Crippen molar-refractivity contribution in [3.8, 4) is 0 Å². The Morgan fingerprint density at radius 2 is 2.25 bits per heavy atom. The van der Waals surface area contributed by atoms with Crippen LogP contribution < -0.4 is 0 Å². The fourth-order valence-electron chi connectivity index (χ4n) is 0.489. The van der Waals surface area contributed by atoms with Gasteiger partial charge in [0, 0.05) is 0 Å². The summed E-state index contributed by atoms with van der Waals surface area (Å²) in [5.74, 6) is 0. The first-order valence-corrected chi connectivity index (χ1v) is 2.93. The van der Waals surface area contributed by atoms with Crippen LogP contribution in [0.2, 0.25) is 0 Å². The minimum Gasteiger partial charge on any atom is -0.439 e. The van der Waals surface area contributed by atoms with E-state index in [9.17, 15) is 0 Å². The molecule has 2 atom stereocenters. The van der Waals surface area contributed by atoms with E-state index < -0.39 is 0 Å². The van der Waals surface area contributed by atoms with E-state index in [4.69, 9.17) is 9.76 Å². The second kappa shape index (κ2) is 3.92. The molecule has 0 fully saturated rings. The van der Waals surface area contributed by atoms with Gasteiger partial charge in [-0.3, -0.25) is 0 Å². The summed E-state index contributed by atoms with van der Waals surface area (Å²) in [4.78, 5) is 0. The number of aliphatic hydroxyl groups excluding tert-OH is 1. The monoisotopic (exact) mass is 116 g/mol. The summed E-state index contributed by atoms with van der Waals surface area (Å²) < 4.78 is 4.85. The number of hydrogen-bond acceptors (Lipinski definition) is 2. The van der Waals surface area contributed by atoms with E-state index in [1.54, 1.807) is 8.05 Å². The molecule has 0 aromatic rings. The average Bonchev–Trinajstić information content (AvgIpc) is 1.84. The smallest absolute Gasteiger partial charge is 0.257 e. The summed E-state index contributed by atoms with van der Waals surface area (Å²) in [5, 5.41) is 9.00. The van der Waals surface area contributed by atoms with Crippen molar-refractivity contribution in [3.63, 3.8) is 0 Å². The van der Waals surface area contributed by atoms with Crippen LogP contribution in [0.25, 0.3) is 0 Å². The van der Waals surface area contributed by atoms with Crippen LogP contribution in [-0.2, 0) is 4.65 Å². The molecular formula is C5H13BO2. The zero-order chi connectivity index (χ0) is 6.57. The molecule has 2 nitrogen and oxygen atoms in total. The lowest BCUT2D eigenvalue weighted by Crippen LogP contribution is -2.23. The van der Waals surface area contributed by atoms with Crippen molar-refractivity contribution in [3.05, 3.63) is 0 Å². The molecule has 0 aliphatic rings. The summed E-state index contributed by atoms with van der Waals surface area (Å²) >= 11 is 0. The van der Waals surface area contributed by atoms with Crippen LogP contribution in [0.3, 0.4) is 0 Å². The molecule has 8 heavy (non-hydrogen) atoms. The highest BCUT2D eigenvalue weighted by molar-refractivity contribution is 5.98. The second-order valence-corrected chi connectivity index (χ2v) is 1.92. The summed E-state index contributed by atoms with van der Waals surface area (Å²) in [6.07, 6.45) is 0.426. The van der Waals surface area contributed by atoms with E-state index in [2.05, 4.69) is 0 Å². The molecule has 0 radical (unpaired) electrons.